The van der Waals surface area contributed by atoms with Crippen molar-refractivity contribution in [2.24, 2.45) is 0 Å². The number of morpholine rings is 1. The van der Waals surface area contributed by atoms with E-state index in [4.69, 9.17) is 9.72 Å². The Kier molecular flexibility index (Phi) is 3.54. The molecule has 4 nitrogen and oxygen atoms in total. The molecule has 2 bridgehead atoms. The minimum absolute atomic E-state index is 0.435. The van der Waals surface area contributed by atoms with Crippen LogP contribution in [-0.2, 0) is 11.3 Å². The lowest BCUT2D eigenvalue weighted by molar-refractivity contribution is 0.0305. The number of ether oxygens (including phenoxy) is 1. The van der Waals surface area contributed by atoms with Gasteiger partial charge in [0.1, 0.15) is 0 Å². The van der Waals surface area contributed by atoms with Crippen molar-refractivity contribution in [3.8, 4) is 0 Å². The van der Waals surface area contributed by atoms with Crippen molar-refractivity contribution in [1.29, 1.82) is 0 Å². The summed E-state index contributed by atoms with van der Waals surface area (Å²) in [5.74, 6) is 0. The maximum absolute atomic E-state index is 5.87. The number of hydrogen-bond acceptors (Lipinski definition) is 5. The van der Waals surface area contributed by atoms with Crippen LogP contribution in [0.25, 0.3) is 0 Å². The molecule has 3 rings (SSSR count). The first-order valence-electron chi connectivity index (χ1n) is 6.83. The SMILES string of the molecule is CCNCc1sc(N2CC3CCC(C2)O3)nc1C. The van der Waals surface area contributed by atoms with E-state index >= 15 is 0 Å². The molecule has 1 N–H and O–H groups in total. The second kappa shape index (κ2) is 5.15. The Labute approximate surface area is 112 Å². The highest BCUT2D eigenvalue weighted by molar-refractivity contribution is 7.15. The standard InChI is InChI=1S/C13H21N3OS/c1-3-14-6-12-9(2)15-13(18-12)16-7-10-4-5-11(8-16)17-10/h10-11,14H,3-8H2,1-2H3. The van der Waals surface area contributed by atoms with Gasteiger partial charge in [0, 0.05) is 24.5 Å². The van der Waals surface area contributed by atoms with E-state index in [1.807, 2.05) is 11.3 Å². The van der Waals surface area contributed by atoms with E-state index in [-0.39, 0.29) is 0 Å². The Morgan fingerprint density at radius 2 is 2.11 bits per heavy atom. The molecule has 0 saturated carbocycles. The predicted molar refractivity (Wildman–Crippen MR) is 74.3 cm³/mol. The summed E-state index contributed by atoms with van der Waals surface area (Å²) in [6.45, 7) is 8.23. The van der Waals surface area contributed by atoms with Gasteiger partial charge < -0.3 is 15.0 Å². The van der Waals surface area contributed by atoms with Gasteiger partial charge in [0.05, 0.1) is 17.9 Å². The van der Waals surface area contributed by atoms with Gasteiger partial charge in [-0.1, -0.05) is 6.92 Å². The third-order valence-corrected chi connectivity index (χ3v) is 4.95. The Balaban J connectivity index is 1.72. The molecule has 0 aromatic carbocycles. The van der Waals surface area contributed by atoms with Crippen LogP contribution in [0.1, 0.15) is 30.3 Å². The quantitative estimate of drug-likeness (QED) is 0.904. The van der Waals surface area contributed by atoms with Crippen LogP contribution in [0.5, 0.6) is 0 Å². The summed E-state index contributed by atoms with van der Waals surface area (Å²) in [4.78, 5) is 8.51. The average Bonchev–Trinajstić information content (AvgIpc) is 2.90. The molecule has 2 aliphatic rings. The molecule has 100 valence electrons. The largest absolute Gasteiger partial charge is 0.371 e. The zero-order valence-electron chi connectivity index (χ0n) is 11.1. The predicted octanol–water partition coefficient (Wildman–Crippen LogP) is 1.93. The van der Waals surface area contributed by atoms with Crippen molar-refractivity contribution < 1.29 is 4.74 Å². The lowest BCUT2D eigenvalue weighted by Gasteiger charge is -2.31. The fourth-order valence-corrected chi connectivity index (χ4v) is 3.77. The molecular weight excluding hydrogens is 246 g/mol. The third-order valence-electron chi connectivity index (χ3n) is 3.73. The van der Waals surface area contributed by atoms with Crippen molar-refractivity contribution in [3.05, 3.63) is 10.6 Å². The van der Waals surface area contributed by atoms with Crippen LogP contribution in [0.15, 0.2) is 0 Å². The summed E-state index contributed by atoms with van der Waals surface area (Å²) in [6, 6.07) is 0. The zero-order valence-corrected chi connectivity index (χ0v) is 11.9. The topological polar surface area (TPSA) is 37.4 Å². The molecule has 2 aliphatic heterocycles. The number of aryl methyl sites for hydroxylation is 1. The van der Waals surface area contributed by atoms with Gasteiger partial charge in [0.25, 0.3) is 0 Å². The number of hydrogen-bond donors (Lipinski definition) is 1. The summed E-state index contributed by atoms with van der Waals surface area (Å²) in [6.07, 6.45) is 3.31. The van der Waals surface area contributed by atoms with E-state index in [9.17, 15) is 0 Å². The molecule has 1 aromatic heterocycles. The molecule has 0 radical (unpaired) electrons. The summed E-state index contributed by atoms with van der Waals surface area (Å²) in [5, 5.41) is 4.56. The first kappa shape index (κ1) is 12.4. The van der Waals surface area contributed by atoms with Crippen LogP contribution in [0, 0.1) is 6.92 Å². The highest BCUT2D eigenvalue weighted by atomic mass is 32.1. The minimum Gasteiger partial charge on any atom is -0.371 e. The minimum atomic E-state index is 0.435. The first-order chi connectivity index (χ1) is 8.76. The molecular formula is C13H21N3OS. The van der Waals surface area contributed by atoms with Crippen molar-refractivity contribution in [1.82, 2.24) is 10.3 Å². The van der Waals surface area contributed by atoms with Crippen LogP contribution in [0.3, 0.4) is 0 Å². The van der Waals surface area contributed by atoms with Crippen molar-refractivity contribution in [3.63, 3.8) is 0 Å². The maximum Gasteiger partial charge on any atom is 0.185 e. The van der Waals surface area contributed by atoms with Gasteiger partial charge in [0.2, 0.25) is 0 Å². The molecule has 2 saturated heterocycles. The van der Waals surface area contributed by atoms with Gasteiger partial charge in [-0.05, 0) is 26.3 Å². The molecule has 2 fully saturated rings. The molecule has 2 atom stereocenters. The van der Waals surface area contributed by atoms with Gasteiger partial charge in [-0.3, -0.25) is 0 Å². The number of anilines is 1. The smallest absolute Gasteiger partial charge is 0.185 e. The molecule has 0 aliphatic carbocycles. The van der Waals surface area contributed by atoms with E-state index < -0.39 is 0 Å². The molecule has 0 amide bonds. The third kappa shape index (κ3) is 2.39. The van der Waals surface area contributed by atoms with Gasteiger partial charge >= 0.3 is 0 Å². The average molecular weight is 267 g/mol. The summed E-state index contributed by atoms with van der Waals surface area (Å²) >= 11 is 1.83. The molecule has 3 heterocycles. The van der Waals surface area contributed by atoms with Crippen LogP contribution in [0.2, 0.25) is 0 Å². The molecule has 0 spiro atoms. The fraction of sp³-hybridized carbons (Fsp3) is 0.769. The van der Waals surface area contributed by atoms with Crippen LogP contribution in [-0.4, -0.2) is 36.8 Å². The summed E-state index contributed by atoms with van der Waals surface area (Å²) < 4.78 is 5.87. The highest BCUT2D eigenvalue weighted by Crippen LogP contribution is 2.32. The Morgan fingerprint density at radius 1 is 1.39 bits per heavy atom. The lowest BCUT2D eigenvalue weighted by Crippen LogP contribution is -2.42. The first-order valence-corrected chi connectivity index (χ1v) is 7.65. The second-order valence-electron chi connectivity index (χ2n) is 5.15. The van der Waals surface area contributed by atoms with Gasteiger partial charge in [-0.2, -0.15) is 0 Å². The summed E-state index contributed by atoms with van der Waals surface area (Å²) in [7, 11) is 0. The second-order valence-corrected chi connectivity index (χ2v) is 6.21. The number of nitrogens with zero attached hydrogens (tertiary/aromatic N) is 2. The van der Waals surface area contributed by atoms with Crippen LogP contribution >= 0.6 is 11.3 Å². The van der Waals surface area contributed by atoms with E-state index in [0.29, 0.717) is 12.2 Å². The number of aromatic nitrogens is 1. The number of thiazole rings is 1. The zero-order chi connectivity index (χ0) is 12.5. The normalized spacial score (nSPS) is 26.9. The molecule has 2 unspecified atom stereocenters. The maximum atomic E-state index is 5.87. The van der Waals surface area contributed by atoms with Crippen molar-refractivity contribution in [2.75, 3.05) is 24.5 Å². The fourth-order valence-electron chi connectivity index (χ4n) is 2.72. The van der Waals surface area contributed by atoms with Gasteiger partial charge in [0.15, 0.2) is 5.13 Å². The van der Waals surface area contributed by atoms with Crippen LogP contribution < -0.4 is 10.2 Å². The van der Waals surface area contributed by atoms with Gasteiger partial charge in [-0.25, -0.2) is 4.98 Å². The van der Waals surface area contributed by atoms with Gasteiger partial charge in [-0.15, -0.1) is 11.3 Å². The van der Waals surface area contributed by atoms with Crippen LogP contribution in [0.4, 0.5) is 5.13 Å². The van der Waals surface area contributed by atoms with E-state index in [1.165, 1.54) is 28.5 Å². The monoisotopic (exact) mass is 267 g/mol. The Hall–Kier alpha value is -0.650. The van der Waals surface area contributed by atoms with Crippen molar-refractivity contribution >= 4 is 16.5 Å². The Morgan fingerprint density at radius 3 is 2.78 bits per heavy atom. The molecule has 1 aromatic rings. The number of fused-ring (bicyclic) bond motifs is 2. The van der Waals surface area contributed by atoms with E-state index in [1.54, 1.807) is 0 Å². The lowest BCUT2D eigenvalue weighted by atomic mass is 10.2. The number of nitrogens with one attached hydrogen (secondary N) is 1. The van der Waals surface area contributed by atoms with Crippen molar-refractivity contribution in [2.45, 2.75) is 45.4 Å². The summed E-state index contributed by atoms with van der Waals surface area (Å²) in [5.41, 5.74) is 1.18. The molecule has 5 heteroatoms. The Bertz CT molecular complexity index is 408. The highest BCUT2D eigenvalue weighted by Gasteiger charge is 2.34. The van der Waals surface area contributed by atoms with E-state index in [2.05, 4.69) is 24.1 Å². The number of rotatable bonds is 4. The van der Waals surface area contributed by atoms with E-state index in [0.717, 1.165) is 26.2 Å². The molecule has 18 heavy (non-hydrogen) atoms.